The molecule has 5 heteroatoms. The molecule has 27 heavy (non-hydrogen) atoms. The Kier molecular flexibility index (Phi) is 4.13. The molecular weight excluding hydrogens is 362 g/mol. The fourth-order valence-corrected chi connectivity index (χ4v) is 3.29. The predicted octanol–water partition coefficient (Wildman–Crippen LogP) is 6.48. The fourth-order valence-electron chi connectivity index (χ4n) is 3.07. The number of furan rings is 1. The molecule has 134 valence electrons. The Morgan fingerprint density at radius 2 is 1.78 bits per heavy atom. The van der Waals surface area contributed by atoms with Crippen LogP contribution in [-0.2, 0) is 0 Å². The zero-order valence-corrected chi connectivity index (χ0v) is 15.3. The number of nitrogens with one attached hydrogen (secondary N) is 1. The summed E-state index contributed by atoms with van der Waals surface area (Å²) in [5, 5.41) is 10.6. The van der Waals surface area contributed by atoms with Gasteiger partial charge >= 0.3 is 5.97 Å². The molecule has 0 saturated heterocycles. The van der Waals surface area contributed by atoms with Crippen LogP contribution >= 0.6 is 11.6 Å². The van der Waals surface area contributed by atoms with E-state index in [1.807, 2.05) is 37.3 Å². The molecule has 0 aliphatic heterocycles. The molecule has 4 nitrogen and oxygen atoms in total. The Bertz CT molecular complexity index is 1180. The molecule has 2 aromatic heterocycles. The summed E-state index contributed by atoms with van der Waals surface area (Å²) in [6.07, 6.45) is 0. The Morgan fingerprint density at radius 1 is 1.07 bits per heavy atom. The first-order valence-corrected chi connectivity index (χ1v) is 8.72. The normalized spacial score (nSPS) is 11.0. The summed E-state index contributed by atoms with van der Waals surface area (Å²) in [5.41, 5.74) is 5.38. The maximum Gasteiger partial charge on any atom is 0.335 e. The van der Waals surface area contributed by atoms with Crippen LogP contribution in [0.1, 0.15) is 22.8 Å². The standard InChI is InChI=1S/C22H16ClNO3/c1-12(2)17-11-16(23)9-15-10-20(27-21(15)17)19-8-7-18(24-19)13-3-5-14(6-4-13)22(25)26/h3-11,24H,1H2,2H3,(H,25,26). The minimum absolute atomic E-state index is 0.256. The lowest BCUT2D eigenvalue weighted by Gasteiger charge is -2.01. The van der Waals surface area contributed by atoms with E-state index in [0.717, 1.165) is 39.1 Å². The number of benzene rings is 2. The third-order valence-electron chi connectivity index (χ3n) is 4.44. The second-order valence-electron chi connectivity index (χ2n) is 6.43. The molecule has 2 heterocycles. The molecule has 4 aromatic rings. The maximum atomic E-state index is 11.0. The molecule has 0 radical (unpaired) electrons. The third kappa shape index (κ3) is 3.15. The van der Waals surface area contributed by atoms with Crippen molar-refractivity contribution in [3.05, 3.63) is 77.3 Å². The van der Waals surface area contributed by atoms with Gasteiger partial charge in [0.1, 0.15) is 5.58 Å². The topological polar surface area (TPSA) is 66.2 Å². The number of H-pyrrole nitrogens is 1. The minimum Gasteiger partial charge on any atom is -0.478 e. The number of hydrogen-bond acceptors (Lipinski definition) is 2. The first kappa shape index (κ1) is 17.2. The zero-order chi connectivity index (χ0) is 19.1. The van der Waals surface area contributed by atoms with E-state index >= 15 is 0 Å². The van der Waals surface area contributed by atoms with Crippen LogP contribution < -0.4 is 0 Å². The lowest BCUT2D eigenvalue weighted by atomic mass is 10.1. The number of carboxylic acids is 1. The van der Waals surface area contributed by atoms with E-state index in [1.165, 1.54) is 0 Å². The summed E-state index contributed by atoms with van der Waals surface area (Å²) in [5.74, 6) is -0.244. The molecule has 2 N–H and O–H groups in total. The van der Waals surface area contributed by atoms with Crippen molar-refractivity contribution >= 4 is 34.1 Å². The first-order chi connectivity index (χ1) is 12.9. The van der Waals surface area contributed by atoms with Gasteiger partial charge in [-0.3, -0.25) is 0 Å². The van der Waals surface area contributed by atoms with Gasteiger partial charge in [-0.2, -0.15) is 0 Å². The predicted molar refractivity (Wildman–Crippen MR) is 108 cm³/mol. The van der Waals surface area contributed by atoms with Gasteiger partial charge in [0.05, 0.1) is 11.3 Å². The van der Waals surface area contributed by atoms with E-state index in [-0.39, 0.29) is 5.56 Å². The smallest absolute Gasteiger partial charge is 0.335 e. The molecule has 2 aromatic carbocycles. The summed E-state index contributed by atoms with van der Waals surface area (Å²) in [6.45, 7) is 5.91. The number of carboxylic acid groups (broad SMARTS) is 1. The Balaban J connectivity index is 1.74. The first-order valence-electron chi connectivity index (χ1n) is 8.34. The molecule has 0 bridgehead atoms. The Morgan fingerprint density at radius 3 is 2.44 bits per heavy atom. The second-order valence-corrected chi connectivity index (χ2v) is 6.87. The van der Waals surface area contributed by atoms with Crippen molar-refractivity contribution in [1.82, 2.24) is 4.98 Å². The monoisotopic (exact) mass is 377 g/mol. The highest BCUT2D eigenvalue weighted by Gasteiger charge is 2.14. The van der Waals surface area contributed by atoms with Gasteiger partial charge in [-0.15, -0.1) is 0 Å². The van der Waals surface area contributed by atoms with Gasteiger partial charge in [0.25, 0.3) is 0 Å². The number of carbonyl (C=O) groups is 1. The molecular formula is C22H16ClNO3. The van der Waals surface area contributed by atoms with Crippen LogP contribution in [0.25, 0.3) is 39.3 Å². The quantitative estimate of drug-likeness (QED) is 0.427. The van der Waals surface area contributed by atoms with Crippen LogP contribution in [0, 0.1) is 0 Å². The molecule has 0 amide bonds. The number of aromatic nitrogens is 1. The van der Waals surface area contributed by atoms with Gasteiger partial charge < -0.3 is 14.5 Å². The fraction of sp³-hybridized carbons (Fsp3) is 0.0455. The van der Waals surface area contributed by atoms with Crippen LogP contribution in [0.4, 0.5) is 0 Å². The van der Waals surface area contributed by atoms with E-state index in [1.54, 1.807) is 24.3 Å². The number of halogens is 1. The van der Waals surface area contributed by atoms with E-state index in [0.29, 0.717) is 10.8 Å². The third-order valence-corrected chi connectivity index (χ3v) is 4.65. The van der Waals surface area contributed by atoms with Crippen molar-refractivity contribution in [1.29, 1.82) is 0 Å². The van der Waals surface area contributed by atoms with Crippen LogP contribution in [-0.4, -0.2) is 16.1 Å². The highest BCUT2D eigenvalue weighted by Crippen LogP contribution is 2.35. The van der Waals surface area contributed by atoms with Gasteiger partial charge in [0.2, 0.25) is 0 Å². The summed E-state index contributed by atoms with van der Waals surface area (Å²) >= 11 is 6.21. The van der Waals surface area contributed by atoms with Gasteiger partial charge in [-0.25, -0.2) is 4.79 Å². The number of fused-ring (bicyclic) bond motifs is 1. The summed E-state index contributed by atoms with van der Waals surface area (Å²) in [6, 6.07) is 16.2. The number of aromatic carboxylic acids is 1. The molecule has 4 rings (SSSR count). The van der Waals surface area contributed by atoms with Gasteiger partial charge in [-0.1, -0.05) is 30.3 Å². The lowest BCUT2D eigenvalue weighted by Crippen LogP contribution is -1.94. The summed E-state index contributed by atoms with van der Waals surface area (Å²) < 4.78 is 6.07. The number of allylic oxidation sites excluding steroid dienone is 1. The van der Waals surface area contributed by atoms with Crippen molar-refractivity contribution in [3.63, 3.8) is 0 Å². The van der Waals surface area contributed by atoms with Crippen LogP contribution in [0.3, 0.4) is 0 Å². The van der Waals surface area contributed by atoms with Crippen LogP contribution in [0.2, 0.25) is 5.02 Å². The SMILES string of the molecule is C=C(C)c1cc(Cl)cc2cc(-c3ccc(-c4ccc(C(=O)O)cc4)[nH]3)oc12. The molecule has 0 atom stereocenters. The molecule has 0 spiro atoms. The van der Waals surface area contributed by atoms with E-state index in [2.05, 4.69) is 11.6 Å². The Labute approximate surface area is 160 Å². The molecule has 0 aliphatic carbocycles. The van der Waals surface area contributed by atoms with Crippen molar-refractivity contribution in [2.75, 3.05) is 0 Å². The van der Waals surface area contributed by atoms with E-state index in [9.17, 15) is 4.79 Å². The Hall–Kier alpha value is -3.24. The summed E-state index contributed by atoms with van der Waals surface area (Å²) in [7, 11) is 0. The van der Waals surface area contributed by atoms with Crippen molar-refractivity contribution < 1.29 is 14.3 Å². The largest absolute Gasteiger partial charge is 0.478 e. The van der Waals surface area contributed by atoms with Crippen molar-refractivity contribution in [2.24, 2.45) is 0 Å². The molecule has 0 saturated carbocycles. The highest BCUT2D eigenvalue weighted by molar-refractivity contribution is 6.31. The average molecular weight is 378 g/mol. The molecule has 0 fully saturated rings. The highest BCUT2D eigenvalue weighted by atomic mass is 35.5. The molecule has 0 unspecified atom stereocenters. The van der Waals surface area contributed by atoms with Crippen LogP contribution in [0.15, 0.2) is 65.6 Å². The van der Waals surface area contributed by atoms with Crippen molar-refractivity contribution in [3.8, 4) is 22.7 Å². The van der Waals surface area contributed by atoms with E-state index in [4.69, 9.17) is 21.1 Å². The van der Waals surface area contributed by atoms with Gasteiger partial charge in [0, 0.05) is 21.7 Å². The number of rotatable bonds is 4. The summed E-state index contributed by atoms with van der Waals surface area (Å²) in [4.78, 5) is 14.3. The number of aromatic amines is 1. The van der Waals surface area contributed by atoms with E-state index < -0.39 is 5.97 Å². The van der Waals surface area contributed by atoms with Crippen LogP contribution in [0.5, 0.6) is 0 Å². The average Bonchev–Trinajstić information content (AvgIpc) is 3.27. The molecule has 0 aliphatic rings. The van der Waals surface area contributed by atoms with Crippen molar-refractivity contribution in [2.45, 2.75) is 6.92 Å². The zero-order valence-electron chi connectivity index (χ0n) is 14.5. The van der Waals surface area contributed by atoms with Gasteiger partial charge in [-0.05, 0) is 60.5 Å². The van der Waals surface area contributed by atoms with Gasteiger partial charge in [0.15, 0.2) is 5.76 Å². The minimum atomic E-state index is -0.942. The maximum absolute atomic E-state index is 11.0. The lowest BCUT2D eigenvalue weighted by molar-refractivity contribution is 0.0697. The second kappa shape index (κ2) is 6.49. The number of hydrogen-bond donors (Lipinski definition) is 2.